The number of carbonyl (C=O) groups excluding carboxylic acids is 1. The Hall–Kier alpha value is -2.10. The molecule has 0 bridgehead atoms. The number of hydrogen-bond donors (Lipinski definition) is 0. The highest BCUT2D eigenvalue weighted by molar-refractivity contribution is 5.72. The van der Waals surface area contributed by atoms with Gasteiger partial charge in [-0.1, -0.05) is 12.1 Å². The van der Waals surface area contributed by atoms with E-state index in [1.54, 1.807) is 0 Å². The van der Waals surface area contributed by atoms with Crippen LogP contribution in [-0.4, -0.2) is 18.1 Å². The Labute approximate surface area is 106 Å². The molecule has 0 spiro atoms. The number of esters is 1. The summed E-state index contributed by atoms with van der Waals surface area (Å²) in [6.07, 6.45) is 0.278. The minimum atomic E-state index is -0.245. The van der Waals surface area contributed by atoms with E-state index in [0.29, 0.717) is 5.89 Å². The fourth-order valence-corrected chi connectivity index (χ4v) is 1.60. The molecule has 0 atom stereocenters. The molecule has 1 aromatic carbocycles. The third-order valence-electron chi connectivity index (χ3n) is 2.81. The maximum atomic E-state index is 11.1. The molecule has 94 valence electrons. The number of methoxy groups -OCH3 is 1. The lowest BCUT2D eigenvalue weighted by Crippen LogP contribution is -2.04. The van der Waals surface area contributed by atoms with Crippen LogP contribution in [0.4, 0.5) is 0 Å². The first-order chi connectivity index (χ1) is 8.60. The Morgan fingerprint density at radius 1 is 1.28 bits per heavy atom. The third-order valence-corrected chi connectivity index (χ3v) is 2.81. The lowest BCUT2D eigenvalue weighted by molar-refractivity contribution is -0.139. The van der Waals surface area contributed by atoms with Crippen LogP contribution in [0.1, 0.15) is 17.0 Å². The Morgan fingerprint density at radius 3 is 2.44 bits per heavy atom. The Balaban J connectivity index is 2.19. The van der Waals surface area contributed by atoms with Gasteiger partial charge in [-0.05, 0) is 31.5 Å². The number of carbonyl (C=O) groups is 1. The fraction of sp³-hybridized carbons (Fsp3) is 0.286. The molecule has 0 amide bonds. The van der Waals surface area contributed by atoms with Crippen LogP contribution in [0.3, 0.4) is 0 Å². The molecule has 0 aliphatic carbocycles. The highest BCUT2D eigenvalue weighted by Crippen LogP contribution is 2.21. The second-order valence-corrected chi connectivity index (χ2v) is 4.11. The second-order valence-electron chi connectivity index (χ2n) is 4.11. The first kappa shape index (κ1) is 12.4. The van der Waals surface area contributed by atoms with E-state index in [2.05, 4.69) is 9.72 Å². The standard InChI is InChI=1S/C14H15NO3/c1-9-10(2)18-14(15-9)12-6-4-11(5-7-12)8-13(16)17-3/h4-7H,8H2,1-3H3. The van der Waals surface area contributed by atoms with E-state index in [1.807, 2.05) is 38.1 Å². The van der Waals surface area contributed by atoms with Gasteiger partial charge in [0.25, 0.3) is 0 Å². The highest BCUT2D eigenvalue weighted by Gasteiger charge is 2.08. The molecule has 1 aromatic heterocycles. The summed E-state index contributed by atoms with van der Waals surface area (Å²) in [5.41, 5.74) is 2.70. The SMILES string of the molecule is COC(=O)Cc1ccc(-c2nc(C)c(C)o2)cc1. The summed E-state index contributed by atoms with van der Waals surface area (Å²) in [4.78, 5) is 15.5. The summed E-state index contributed by atoms with van der Waals surface area (Å²) in [5.74, 6) is 1.18. The summed E-state index contributed by atoms with van der Waals surface area (Å²) < 4.78 is 10.2. The number of aryl methyl sites for hydroxylation is 2. The van der Waals surface area contributed by atoms with Crippen LogP contribution in [0.2, 0.25) is 0 Å². The molecule has 0 saturated heterocycles. The quantitative estimate of drug-likeness (QED) is 0.780. The van der Waals surface area contributed by atoms with Gasteiger partial charge in [0.2, 0.25) is 5.89 Å². The Kier molecular flexibility index (Phi) is 3.46. The Morgan fingerprint density at radius 2 is 1.94 bits per heavy atom. The summed E-state index contributed by atoms with van der Waals surface area (Å²) in [5, 5.41) is 0. The van der Waals surface area contributed by atoms with E-state index in [1.165, 1.54) is 7.11 Å². The van der Waals surface area contributed by atoms with Gasteiger partial charge in [-0.25, -0.2) is 4.98 Å². The van der Waals surface area contributed by atoms with E-state index in [0.717, 1.165) is 22.6 Å². The molecule has 18 heavy (non-hydrogen) atoms. The first-order valence-corrected chi connectivity index (χ1v) is 5.70. The van der Waals surface area contributed by atoms with Crippen molar-refractivity contribution in [2.24, 2.45) is 0 Å². The maximum absolute atomic E-state index is 11.1. The number of hydrogen-bond acceptors (Lipinski definition) is 4. The van der Waals surface area contributed by atoms with Crippen LogP contribution < -0.4 is 0 Å². The van der Waals surface area contributed by atoms with Gasteiger partial charge in [-0.2, -0.15) is 0 Å². The van der Waals surface area contributed by atoms with Gasteiger partial charge in [0.05, 0.1) is 19.2 Å². The van der Waals surface area contributed by atoms with Crippen LogP contribution in [0.15, 0.2) is 28.7 Å². The van der Waals surface area contributed by atoms with Crippen molar-refractivity contribution in [3.8, 4) is 11.5 Å². The van der Waals surface area contributed by atoms with Crippen LogP contribution in [0.25, 0.3) is 11.5 Å². The minimum absolute atomic E-state index is 0.245. The van der Waals surface area contributed by atoms with Gasteiger partial charge >= 0.3 is 5.97 Å². The lowest BCUT2D eigenvalue weighted by atomic mass is 10.1. The molecule has 2 rings (SSSR count). The van der Waals surface area contributed by atoms with Crippen molar-refractivity contribution in [2.45, 2.75) is 20.3 Å². The minimum Gasteiger partial charge on any atom is -0.469 e. The van der Waals surface area contributed by atoms with E-state index in [4.69, 9.17) is 4.42 Å². The largest absolute Gasteiger partial charge is 0.469 e. The fourth-order valence-electron chi connectivity index (χ4n) is 1.60. The zero-order valence-electron chi connectivity index (χ0n) is 10.7. The summed E-state index contributed by atoms with van der Waals surface area (Å²) in [6.45, 7) is 3.80. The van der Waals surface area contributed by atoms with E-state index < -0.39 is 0 Å². The Bertz CT molecular complexity index is 535. The number of oxazole rings is 1. The van der Waals surface area contributed by atoms with Crippen molar-refractivity contribution in [1.82, 2.24) is 4.98 Å². The average molecular weight is 245 g/mol. The molecule has 0 radical (unpaired) electrons. The normalized spacial score (nSPS) is 10.4. The predicted octanol–water partition coefficient (Wildman–Crippen LogP) is 2.67. The number of ether oxygens (including phenoxy) is 1. The lowest BCUT2D eigenvalue weighted by Gasteiger charge is -2.01. The zero-order chi connectivity index (χ0) is 13.1. The van der Waals surface area contributed by atoms with Crippen LogP contribution in [-0.2, 0) is 16.0 Å². The first-order valence-electron chi connectivity index (χ1n) is 5.70. The van der Waals surface area contributed by atoms with Gasteiger partial charge in [-0.15, -0.1) is 0 Å². The van der Waals surface area contributed by atoms with Crippen molar-refractivity contribution < 1.29 is 13.9 Å². The molecule has 0 N–H and O–H groups in total. The van der Waals surface area contributed by atoms with Crippen molar-refractivity contribution in [2.75, 3.05) is 7.11 Å². The topological polar surface area (TPSA) is 52.3 Å². The number of rotatable bonds is 3. The van der Waals surface area contributed by atoms with Crippen molar-refractivity contribution >= 4 is 5.97 Å². The van der Waals surface area contributed by atoms with E-state index in [-0.39, 0.29) is 12.4 Å². The number of nitrogens with zero attached hydrogens (tertiary/aromatic N) is 1. The molecular weight excluding hydrogens is 230 g/mol. The molecule has 2 aromatic rings. The molecule has 4 heteroatoms. The number of aromatic nitrogens is 1. The zero-order valence-corrected chi connectivity index (χ0v) is 10.7. The monoisotopic (exact) mass is 245 g/mol. The molecule has 1 heterocycles. The van der Waals surface area contributed by atoms with Crippen molar-refractivity contribution in [3.05, 3.63) is 41.3 Å². The van der Waals surface area contributed by atoms with Crippen molar-refractivity contribution in [3.63, 3.8) is 0 Å². The van der Waals surface area contributed by atoms with Crippen LogP contribution >= 0.6 is 0 Å². The van der Waals surface area contributed by atoms with Gasteiger partial charge in [-0.3, -0.25) is 4.79 Å². The molecule has 0 aliphatic heterocycles. The summed E-state index contributed by atoms with van der Waals surface area (Å²) in [6, 6.07) is 7.54. The van der Waals surface area contributed by atoms with Gasteiger partial charge < -0.3 is 9.15 Å². The maximum Gasteiger partial charge on any atom is 0.309 e. The van der Waals surface area contributed by atoms with Crippen molar-refractivity contribution in [1.29, 1.82) is 0 Å². The van der Waals surface area contributed by atoms with E-state index in [9.17, 15) is 4.79 Å². The predicted molar refractivity (Wildman–Crippen MR) is 67.1 cm³/mol. The molecular formula is C14H15NO3. The average Bonchev–Trinajstić information content (AvgIpc) is 2.70. The smallest absolute Gasteiger partial charge is 0.309 e. The van der Waals surface area contributed by atoms with Gasteiger partial charge in [0.15, 0.2) is 0 Å². The summed E-state index contributed by atoms with van der Waals surface area (Å²) >= 11 is 0. The molecule has 0 saturated carbocycles. The van der Waals surface area contributed by atoms with Gasteiger partial charge in [0, 0.05) is 5.56 Å². The molecule has 0 fully saturated rings. The molecule has 0 unspecified atom stereocenters. The van der Waals surface area contributed by atoms with Crippen LogP contribution in [0.5, 0.6) is 0 Å². The van der Waals surface area contributed by atoms with Crippen LogP contribution in [0, 0.1) is 13.8 Å². The third kappa shape index (κ3) is 2.59. The molecule has 4 nitrogen and oxygen atoms in total. The summed E-state index contributed by atoms with van der Waals surface area (Å²) in [7, 11) is 1.38. The molecule has 0 aliphatic rings. The number of benzene rings is 1. The van der Waals surface area contributed by atoms with Gasteiger partial charge in [0.1, 0.15) is 5.76 Å². The highest BCUT2D eigenvalue weighted by atomic mass is 16.5. The second kappa shape index (κ2) is 5.04. The van der Waals surface area contributed by atoms with E-state index >= 15 is 0 Å².